The van der Waals surface area contributed by atoms with Crippen molar-refractivity contribution in [2.24, 2.45) is 0 Å². The van der Waals surface area contributed by atoms with E-state index in [0.29, 0.717) is 0 Å². The van der Waals surface area contributed by atoms with Crippen molar-refractivity contribution in [1.82, 2.24) is 4.90 Å². The highest BCUT2D eigenvalue weighted by molar-refractivity contribution is 7.10. The Labute approximate surface area is 135 Å². The molecule has 0 bridgehead atoms. The van der Waals surface area contributed by atoms with Gasteiger partial charge in [-0.1, -0.05) is 23.7 Å². The summed E-state index contributed by atoms with van der Waals surface area (Å²) in [5.41, 5.74) is 3.40. The van der Waals surface area contributed by atoms with Crippen molar-refractivity contribution < 1.29 is 0 Å². The van der Waals surface area contributed by atoms with Crippen LogP contribution in [-0.4, -0.2) is 31.3 Å². The normalized spacial score (nSPS) is 19.2. The molecule has 2 aromatic rings. The molecule has 0 spiro atoms. The van der Waals surface area contributed by atoms with Crippen molar-refractivity contribution in [3.8, 4) is 0 Å². The van der Waals surface area contributed by atoms with Crippen LogP contribution in [0.4, 0.5) is 11.4 Å². The predicted molar refractivity (Wildman–Crippen MR) is 92.6 cm³/mol. The lowest BCUT2D eigenvalue weighted by Gasteiger charge is -2.31. The number of benzene rings is 1. The monoisotopic (exact) mass is 321 g/mol. The molecule has 0 saturated carbocycles. The van der Waals surface area contributed by atoms with Crippen LogP contribution in [0.2, 0.25) is 5.02 Å². The summed E-state index contributed by atoms with van der Waals surface area (Å²) in [5.74, 6) is 0. The summed E-state index contributed by atoms with van der Waals surface area (Å²) in [7, 11) is 2.14. The van der Waals surface area contributed by atoms with Crippen molar-refractivity contribution in [3.05, 3.63) is 45.1 Å². The SMILES string of the molecule is Cc1cccc(NC2N(C)CCN2c2ccsc2C)c1Cl. The Kier molecular flexibility index (Phi) is 4.11. The standard InChI is InChI=1S/C16H20ClN3S/c1-11-5-4-6-13(15(11)17)18-16-19(3)8-9-20(16)14-7-10-21-12(14)2/h4-7,10,16,18H,8-9H2,1-3H3. The maximum Gasteiger partial charge on any atom is 0.157 e. The van der Waals surface area contributed by atoms with Gasteiger partial charge in [-0.15, -0.1) is 11.3 Å². The molecule has 1 aromatic heterocycles. The summed E-state index contributed by atoms with van der Waals surface area (Å²) in [6, 6.07) is 8.32. The van der Waals surface area contributed by atoms with Gasteiger partial charge < -0.3 is 10.2 Å². The van der Waals surface area contributed by atoms with E-state index in [4.69, 9.17) is 11.6 Å². The summed E-state index contributed by atoms with van der Waals surface area (Å²) >= 11 is 8.22. The summed E-state index contributed by atoms with van der Waals surface area (Å²) < 4.78 is 0. The van der Waals surface area contributed by atoms with Crippen LogP contribution in [0.3, 0.4) is 0 Å². The van der Waals surface area contributed by atoms with E-state index >= 15 is 0 Å². The van der Waals surface area contributed by atoms with E-state index in [2.05, 4.69) is 40.5 Å². The van der Waals surface area contributed by atoms with E-state index < -0.39 is 0 Å². The van der Waals surface area contributed by atoms with Gasteiger partial charge in [0.05, 0.1) is 16.4 Å². The summed E-state index contributed by atoms with van der Waals surface area (Å²) in [5, 5.41) is 6.55. The maximum atomic E-state index is 6.43. The van der Waals surface area contributed by atoms with Crippen LogP contribution in [0.15, 0.2) is 29.6 Å². The second-order valence-electron chi connectivity index (χ2n) is 5.49. The van der Waals surface area contributed by atoms with Crippen LogP contribution in [0.5, 0.6) is 0 Å². The zero-order valence-electron chi connectivity index (χ0n) is 12.6. The fraction of sp³-hybridized carbons (Fsp3) is 0.375. The Morgan fingerprint density at radius 3 is 2.76 bits per heavy atom. The minimum atomic E-state index is 0.137. The largest absolute Gasteiger partial charge is 0.352 e. The molecule has 1 aliphatic heterocycles. The van der Waals surface area contributed by atoms with E-state index in [1.807, 2.05) is 25.1 Å². The van der Waals surface area contributed by atoms with Gasteiger partial charge in [-0.3, -0.25) is 4.90 Å². The number of aryl methyl sites for hydroxylation is 2. The molecule has 1 aliphatic rings. The van der Waals surface area contributed by atoms with Crippen LogP contribution < -0.4 is 10.2 Å². The molecule has 3 rings (SSSR count). The summed E-state index contributed by atoms with van der Waals surface area (Å²) in [6.07, 6.45) is 0.137. The van der Waals surface area contributed by atoms with Gasteiger partial charge in [0.2, 0.25) is 0 Å². The van der Waals surface area contributed by atoms with Crippen molar-refractivity contribution in [3.63, 3.8) is 0 Å². The Bertz CT molecular complexity index is 640. The molecular weight excluding hydrogens is 302 g/mol. The average molecular weight is 322 g/mol. The van der Waals surface area contributed by atoms with Crippen molar-refractivity contribution >= 4 is 34.3 Å². The lowest BCUT2D eigenvalue weighted by atomic mass is 10.2. The second kappa shape index (κ2) is 5.87. The Hall–Kier alpha value is -1.23. The molecular formula is C16H20ClN3S. The molecule has 0 amide bonds. The third kappa shape index (κ3) is 2.76. The quantitative estimate of drug-likeness (QED) is 0.915. The van der Waals surface area contributed by atoms with Crippen molar-refractivity contribution in [1.29, 1.82) is 0 Å². The number of thiophene rings is 1. The van der Waals surface area contributed by atoms with Crippen LogP contribution in [-0.2, 0) is 0 Å². The van der Waals surface area contributed by atoms with Gasteiger partial charge in [0.1, 0.15) is 0 Å². The minimum absolute atomic E-state index is 0.137. The zero-order valence-corrected chi connectivity index (χ0v) is 14.1. The Balaban J connectivity index is 1.88. The third-order valence-electron chi connectivity index (χ3n) is 4.02. The van der Waals surface area contributed by atoms with Crippen molar-refractivity contribution in [2.75, 3.05) is 30.4 Å². The predicted octanol–water partition coefficient (Wildman–Crippen LogP) is 4.17. The van der Waals surface area contributed by atoms with E-state index in [1.54, 1.807) is 11.3 Å². The number of nitrogens with one attached hydrogen (secondary N) is 1. The van der Waals surface area contributed by atoms with Crippen LogP contribution in [0.25, 0.3) is 0 Å². The third-order valence-corrected chi connectivity index (χ3v) is 5.36. The molecule has 1 fully saturated rings. The number of anilines is 2. The highest BCUT2D eigenvalue weighted by Gasteiger charge is 2.31. The molecule has 0 aliphatic carbocycles. The van der Waals surface area contributed by atoms with Crippen LogP contribution in [0.1, 0.15) is 10.4 Å². The van der Waals surface area contributed by atoms with E-state index in [9.17, 15) is 0 Å². The number of hydrogen-bond donors (Lipinski definition) is 1. The second-order valence-corrected chi connectivity index (χ2v) is 6.99. The molecule has 0 radical (unpaired) electrons. The van der Waals surface area contributed by atoms with Crippen LogP contribution in [0, 0.1) is 13.8 Å². The molecule has 1 saturated heterocycles. The van der Waals surface area contributed by atoms with Gasteiger partial charge in [0.15, 0.2) is 6.29 Å². The average Bonchev–Trinajstić information content (AvgIpc) is 3.02. The van der Waals surface area contributed by atoms with E-state index in [-0.39, 0.29) is 6.29 Å². The first-order valence-electron chi connectivity index (χ1n) is 7.10. The van der Waals surface area contributed by atoms with E-state index in [0.717, 1.165) is 29.4 Å². The van der Waals surface area contributed by atoms with Gasteiger partial charge in [0.25, 0.3) is 0 Å². The van der Waals surface area contributed by atoms with Gasteiger partial charge in [-0.25, -0.2) is 0 Å². The topological polar surface area (TPSA) is 18.5 Å². The first-order valence-corrected chi connectivity index (χ1v) is 8.36. The fourth-order valence-corrected chi connectivity index (χ4v) is 3.65. The molecule has 21 heavy (non-hydrogen) atoms. The maximum absolute atomic E-state index is 6.43. The fourth-order valence-electron chi connectivity index (χ4n) is 2.76. The smallest absolute Gasteiger partial charge is 0.157 e. The Morgan fingerprint density at radius 2 is 2.05 bits per heavy atom. The highest BCUT2D eigenvalue weighted by Crippen LogP contribution is 2.32. The summed E-state index contributed by atoms with van der Waals surface area (Å²) in [6.45, 7) is 6.27. The Morgan fingerprint density at radius 1 is 1.24 bits per heavy atom. The zero-order chi connectivity index (χ0) is 15.0. The van der Waals surface area contributed by atoms with Crippen molar-refractivity contribution in [2.45, 2.75) is 20.1 Å². The number of nitrogens with zero attached hydrogens (tertiary/aromatic N) is 2. The van der Waals surface area contributed by atoms with Gasteiger partial charge >= 0.3 is 0 Å². The lowest BCUT2D eigenvalue weighted by molar-refractivity contribution is 0.340. The van der Waals surface area contributed by atoms with Crippen LogP contribution >= 0.6 is 22.9 Å². The van der Waals surface area contributed by atoms with Gasteiger partial charge in [0, 0.05) is 18.0 Å². The van der Waals surface area contributed by atoms with Gasteiger partial charge in [-0.2, -0.15) is 0 Å². The molecule has 1 aromatic carbocycles. The molecule has 112 valence electrons. The van der Waals surface area contributed by atoms with Gasteiger partial charge in [-0.05, 0) is 44.0 Å². The lowest BCUT2D eigenvalue weighted by Crippen LogP contribution is -2.43. The minimum Gasteiger partial charge on any atom is -0.352 e. The highest BCUT2D eigenvalue weighted by atomic mass is 35.5. The molecule has 2 heterocycles. The molecule has 3 nitrogen and oxygen atoms in total. The number of halogens is 1. The molecule has 1 atom stereocenters. The number of rotatable bonds is 3. The number of hydrogen-bond acceptors (Lipinski definition) is 4. The molecule has 1 unspecified atom stereocenters. The first-order chi connectivity index (χ1) is 10.1. The summed E-state index contributed by atoms with van der Waals surface area (Å²) in [4.78, 5) is 6.08. The molecule has 1 N–H and O–H groups in total. The first kappa shape index (κ1) is 14.7. The van der Waals surface area contributed by atoms with E-state index in [1.165, 1.54) is 10.6 Å². The molecule has 5 heteroatoms. The number of likely N-dealkylation sites (N-methyl/N-ethyl adjacent to an activating group) is 1.